The van der Waals surface area contributed by atoms with E-state index in [0.717, 1.165) is 51.6 Å². The molecule has 7 heteroatoms. The Morgan fingerprint density at radius 3 is 2.47 bits per heavy atom. The molecular formula is C23H37NO6. The molecule has 3 aliphatic heterocycles. The van der Waals surface area contributed by atoms with E-state index in [1.54, 1.807) is 7.11 Å². The second-order valence-corrected chi connectivity index (χ2v) is 10.8. The van der Waals surface area contributed by atoms with Gasteiger partial charge in [-0.2, -0.15) is 0 Å². The van der Waals surface area contributed by atoms with Crippen LogP contribution in [0, 0.1) is 17.3 Å². The fourth-order valence-corrected chi connectivity index (χ4v) is 7.23. The number of fused-ring (bicyclic) bond motifs is 2. The molecule has 5 rings (SSSR count). The lowest BCUT2D eigenvalue weighted by Gasteiger charge is -2.62. The molecule has 1 N–H and O–H groups in total. The molecule has 0 aromatic carbocycles. The number of carbonyl (C=O) groups excluding carboxylic acids is 1. The molecule has 6 atom stereocenters. The summed E-state index contributed by atoms with van der Waals surface area (Å²) in [7, 11) is 1.71. The van der Waals surface area contributed by atoms with E-state index in [1.807, 2.05) is 6.92 Å². The fourth-order valence-electron chi connectivity index (χ4n) is 7.23. The lowest BCUT2D eigenvalue weighted by atomic mass is 9.49. The number of ether oxygens (including phenoxy) is 4. The van der Waals surface area contributed by atoms with Gasteiger partial charge in [0.25, 0.3) is 0 Å². The standard InChI is InChI=1S/C23H37NO6/c1-20-5-4-6-21(2,27-3)23(20,26)13-16-17(19(25)30-18(16)14-20)15-24-9-7-22(8-10-24)28-11-12-29-22/h16-18,26H,4-15H2,1-3H3/t16-,17-,18-,20-,21-,23+/m1/s1. The minimum atomic E-state index is -0.947. The molecule has 170 valence electrons. The average Bonchev–Trinajstić information content (AvgIpc) is 3.28. The van der Waals surface area contributed by atoms with Crippen LogP contribution in [0.2, 0.25) is 0 Å². The normalized spacial score (nSPS) is 48.4. The van der Waals surface area contributed by atoms with Gasteiger partial charge in [-0.25, -0.2) is 0 Å². The van der Waals surface area contributed by atoms with Gasteiger partial charge in [0.05, 0.1) is 30.3 Å². The van der Waals surface area contributed by atoms with Crippen LogP contribution < -0.4 is 0 Å². The predicted molar refractivity (Wildman–Crippen MR) is 109 cm³/mol. The van der Waals surface area contributed by atoms with Crippen molar-refractivity contribution in [2.75, 3.05) is 40.0 Å². The second-order valence-electron chi connectivity index (χ2n) is 10.8. The van der Waals surface area contributed by atoms with Crippen LogP contribution in [0.3, 0.4) is 0 Å². The Morgan fingerprint density at radius 1 is 1.10 bits per heavy atom. The topological polar surface area (TPSA) is 77.5 Å². The number of esters is 1. The molecular weight excluding hydrogens is 386 g/mol. The molecule has 1 spiro atoms. The predicted octanol–water partition coefficient (Wildman–Crippen LogP) is 2.10. The highest BCUT2D eigenvalue weighted by Gasteiger charge is 2.67. The van der Waals surface area contributed by atoms with Crippen molar-refractivity contribution >= 4 is 5.97 Å². The van der Waals surface area contributed by atoms with Crippen LogP contribution >= 0.6 is 0 Å². The van der Waals surface area contributed by atoms with Crippen LogP contribution in [-0.4, -0.2) is 79.0 Å². The van der Waals surface area contributed by atoms with Crippen LogP contribution in [0.5, 0.6) is 0 Å². The number of hydrogen-bond acceptors (Lipinski definition) is 7. The van der Waals surface area contributed by atoms with Crippen LogP contribution in [0.1, 0.15) is 58.8 Å². The minimum absolute atomic E-state index is 0.0398. The third-order valence-electron chi connectivity index (χ3n) is 9.34. The number of nitrogens with zero attached hydrogens (tertiary/aromatic N) is 1. The van der Waals surface area contributed by atoms with Crippen LogP contribution in [0.25, 0.3) is 0 Å². The Hall–Kier alpha value is -0.730. The van der Waals surface area contributed by atoms with Crippen molar-refractivity contribution in [2.24, 2.45) is 17.3 Å². The molecule has 30 heavy (non-hydrogen) atoms. The van der Waals surface area contributed by atoms with E-state index in [0.29, 0.717) is 26.2 Å². The Kier molecular flexibility index (Phi) is 5.03. The van der Waals surface area contributed by atoms with E-state index in [2.05, 4.69) is 11.8 Å². The van der Waals surface area contributed by atoms with Gasteiger partial charge < -0.3 is 29.0 Å². The highest BCUT2D eigenvalue weighted by Crippen LogP contribution is 2.61. The van der Waals surface area contributed by atoms with Gasteiger partial charge in [0.2, 0.25) is 0 Å². The first-order chi connectivity index (χ1) is 14.2. The molecule has 0 bridgehead atoms. The Morgan fingerprint density at radius 2 is 1.80 bits per heavy atom. The van der Waals surface area contributed by atoms with Gasteiger partial charge in [0, 0.05) is 50.9 Å². The van der Waals surface area contributed by atoms with Crippen molar-refractivity contribution in [1.29, 1.82) is 0 Å². The number of hydrogen-bond donors (Lipinski definition) is 1. The number of carbonyl (C=O) groups is 1. The van der Waals surface area contributed by atoms with E-state index in [9.17, 15) is 9.90 Å². The highest BCUT2D eigenvalue weighted by molar-refractivity contribution is 5.75. The summed E-state index contributed by atoms with van der Waals surface area (Å²) in [5.41, 5.74) is -1.82. The van der Waals surface area contributed by atoms with Crippen molar-refractivity contribution in [3.05, 3.63) is 0 Å². The van der Waals surface area contributed by atoms with E-state index in [1.165, 1.54) is 0 Å². The number of aliphatic hydroxyl groups is 1. The zero-order chi connectivity index (χ0) is 21.2. The van der Waals surface area contributed by atoms with E-state index in [-0.39, 0.29) is 29.3 Å². The maximum atomic E-state index is 12.9. The number of piperidine rings is 1. The van der Waals surface area contributed by atoms with Crippen molar-refractivity contribution in [2.45, 2.75) is 81.9 Å². The molecule has 7 nitrogen and oxygen atoms in total. The zero-order valence-corrected chi connectivity index (χ0v) is 18.7. The first kappa shape index (κ1) is 21.1. The molecule has 2 saturated carbocycles. The first-order valence-corrected chi connectivity index (χ1v) is 11.7. The molecule has 5 fully saturated rings. The third-order valence-corrected chi connectivity index (χ3v) is 9.34. The van der Waals surface area contributed by atoms with Crippen LogP contribution in [-0.2, 0) is 23.7 Å². The minimum Gasteiger partial charge on any atom is -0.462 e. The lowest BCUT2D eigenvalue weighted by Crippen LogP contribution is -2.69. The van der Waals surface area contributed by atoms with Gasteiger partial charge in [0.1, 0.15) is 6.10 Å². The van der Waals surface area contributed by atoms with Crippen molar-refractivity contribution in [1.82, 2.24) is 4.90 Å². The molecule has 0 aromatic rings. The summed E-state index contributed by atoms with van der Waals surface area (Å²) in [5.74, 6) is -0.646. The van der Waals surface area contributed by atoms with Gasteiger partial charge in [-0.3, -0.25) is 4.79 Å². The van der Waals surface area contributed by atoms with Crippen molar-refractivity contribution in [3.63, 3.8) is 0 Å². The molecule has 0 unspecified atom stereocenters. The number of rotatable bonds is 3. The SMILES string of the molecule is CO[C@]1(C)CCC[C@]2(C)C[C@H]3OC(=O)[C@H](CN4CCC5(CC4)OCCO5)[C@H]3C[C@]21O. The monoisotopic (exact) mass is 423 g/mol. The fraction of sp³-hybridized carbons (Fsp3) is 0.957. The quantitative estimate of drug-likeness (QED) is 0.697. The third kappa shape index (κ3) is 2.99. The van der Waals surface area contributed by atoms with Gasteiger partial charge in [-0.1, -0.05) is 6.92 Å². The molecule has 3 heterocycles. The van der Waals surface area contributed by atoms with Gasteiger partial charge in [-0.05, 0) is 39.0 Å². The number of likely N-dealkylation sites (tertiary alicyclic amines) is 1. The molecule has 2 aliphatic carbocycles. The first-order valence-electron chi connectivity index (χ1n) is 11.7. The molecule has 0 aromatic heterocycles. The Bertz CT molecular complexity index is 685. The molecule has 5 aliphatic rings. The molecule has 0 radical (unpaired) electrons. The van der Waals surface area contributed by atoms with Gasteiger partial charge in [-0.15, -0.1) is 0 Å². The average molecular weight is 424 g/mol. The summed E-state index contributed by atoms with van der Waals surface area (Å²) in [6.45, 7) is 7.96. The van der Waals surface area contributed by atoms with E-state index < -0.39 is 17.0 Å². The van der Waals surface area contributed by atoms with E-state index >= 15 is 0 Å². The maximum Gasteiger partial charge on any atom is 0.310 e. The van der Waals surface area contributed by atoms with Gasteiger partial charge in [0.15, 0.2) is 5.79 Å². The van der Waals surface area contributed by atoms with Crippen LogP contribution in [0.4, 0.5) is 0 Å². The summed E-state index contributed by atoms with van der Waals surface area (Å²) < 4.78 is 23.5. The second kappa shape index (κ2) is 7.14. The Balaban J connectivity index is 1.32. The molecule has 3 saturated heterocycles. The van der Waals surface area contributed by atoms with E-state index in [4.69, 9.17) is 18.9 Å². The smallest absolute Gasteiger partial charge is 0.310 e. The molecule has 0 amide bonds. The van der Waals surface area contributed by atoms with Crippen molar-refractivity contribution in [3.8, 4) is 0 Å². The maximum absolute atomic E-state index is 12.9. The Labute approximate surface area is 179 Å². The summed E-state index contributed by atoms with van der Waals surface area (Å²) in [6, 6.07) is 0. The van der Waals surface area contributed by atoms with Gasteiger partial charge >= 0.3 is 5.97 Å². The largest absolute Gasteiger partial charge is 0.462 e. The highest BCUT2D eigenvalue weighted by atomic mass is 16.7. The number of methoxy groups -OCH3 is 1. The van der Waals surface area contributed by atoms with Crippen molar-refractivity contribution < 1.29 is 28.8 Å². The summed E-state index contributed by atoms with van der Waals surface area (Å²) in [5, 5.41) is 12.0. The lowest BCUT2D eigenvalue weighted by molar-refractivity contribution is -0.270. The summed E-state index contributed by atoms with van der Waals surface area (Å²) >= 11 is 0. The zero-order valence-electron chi connectivity index (χ0n) is 18.7. The summed E-state index contributed by atoms with van der Waals surface area (Å²) in [4.78, 5) is 15.2. The van der Waals surface area contributed by atoms with Crippen LogP contribution in [0.15, 0.2) is 0 Å². The summed E-state index contributed by atoms with van der Waals surface area (Å²) in [6.07, 6.45) is 5.70.